The van der Waals surface area contributed by atoms with Gasteiger partial charge >= 0.3 is 11.9 Å². The third kappa shape index (κ3) is 4.44. The summed E-state index contributed by atoms with van der Waals surface area (Å²) < 4.78 is 10.9. The number of esters is 1. The minimum absolute atomic E-state index is 0.226. The van der Waals surface area contributed by atoms with E-state index in [2.05, 4.69) is 0 Å². The molecule has 0 saturated heterocycles. The third-order valence-electron chi connectivity index (χ3n) is 4.66. The minimum Gasteiger partial charge on any atom is -0.497 e. The second-order valence-corrected chi connectivity index (χ2v) is 7.92. The zero-order valence-electron chi connectivity index (χ0n) is 17.3. The van der Waals surface area contributed by atoms with Crippen LogP contribution in [0, 0.1) is 0 Å². The van der Waals surface area contributed by atoms with Crippen LogP contribution in [0.3, 0.4) is 0 Å². The molecule has 6 nitrogen and oxygen atoms in total. The zero-order valence-corrected chi connectivity index (χ0v) is 17.3. The molecule has 0 aliphatic carbocycles. The average Bonchev–Trinajstić information content (AvgIpc) is 2.63. The number of aliphatic carboxylic acids is 1. The molecular weight excluding hydrogens is 358 g/mol. The van der Waals surface area contributed by atoms with Crippen molar-refractivity contribution in [2.24, 2.45) is 5.73 Å². The number of hydrogen-bond acceptors (Lipinski definition) is 5. The van der Waals surface area contributed by atoms with Gasteiger partial charge in [0.25, 0.3) is 0 Å². The number of benzene rings is 2. The van der Waals surface area contributed by atoms with Crippen LogP contribution in [0.15, 0.2) is 24.3 Å². The number of fused-ring (bicyclic) bond motifs is 1. The van der Waals surface area contributed by atoms with E-state index < -0.39 is 29.5 Å². The molecule has 2 atom stereocenters. The Bertz CT molecular complexity index is 898. The first kappa shape index (κ1) is 21.7. The molecule has 0 radical (unpaired) electrons. The number of nitrogens with two attached hydrogens (primary N) is 1. The summed E-state index contributed by atoms with van der Waals surface area (Å²) in [6.45, 7) is 8.80. The maximum atomic E-state index is 13.0. The van der Waals surface area contributed by atoms with Crippen molar-refractivity contribution in [1.29, 1.82) is 0 Å². The molecule has 152 valence electrons. The second kappa shape index (κ2) is 8.19. The number of ether oxygens (including phenoxy) is 2. The SMILES string of the molecule is CCC(N)c1c([C@H](C)C(=O)O)c(C(=O)OC(C)(C)C)cc2cc(OC)ccc12. The molecular formula is C22H29NO5. The highest BCUT2D eigenvalue weighted by Gasteiger charge is 2.30. The number of carbonyl (C=O) groups is 2. The summed E-state index contributed by atoms with van der Waals surface area (Å²) in [6.07, 6.45) is 0.595. The van der Waals surface area contributed by atoms with E-state index in [9.17, 15) is 14.7 Å². The van der Waals surface area contributed by atoms with Gasteiger partial charge in [-0.2, -0.15) is 0 Å². The van der Waals surface area contributed by atoms with Gasteiger partial charge in [-0.1, -0.05) is 13.0 Å². The minimum atomic E-state index is -1.03. The Morgan fingerprint density at radius 2 is 1.82 bits per heavy atom. The van der Waals surface area contributed by atoms with Gasteiger partial charge in [-0.3, -0.25) is 4.79 Å². The molecule has 0 bridgehead atoms. The van der Waals surface area contributed by atoms with Crippen LogP contribution >= 0.6 is 0 Å². The topological polar surface area (TPSA) is 98.9 Å². The Morgan fingerprint density at radius 1 is 1.18 bits per heavy atom. The van der Waals surface area contributed by atoms with Gasteiger partial charge in [0.05, 0.1) is 18.6 Å². The van der Waals surface area contributed by atoms with Gasteiger partial charge in [-0.25, -0.2) is 4.79 Å². The largest absolute Gasteiger partial charge is 0.497 e. The van der Waals surface area contributed by atoms with Gasteiger partial charge in [-0.15, -0.1) is 0 Å². The molecule has 0 aliphatic rings. The Hall–Kier alpha value is -2.60. The first-order valence-corrected chi connectivity index (χ1v) is 9.36. The first-order chi connectivity index (χ1) is 13.0. The Kier molecular flexibility index (Phi) is 6.34. The Labute approximate surface area is 165 Å². The van der Waals surface area contributed by atoms with Gasteiger partial charge in [0.15, 0.2) is 0 Å². The standard InChI is InChI=1S/C22H29NO5/c1-7-17(23)19-15-9-8-14(27-6)10-13(15)11-16(18(19)12(2)20(24)25)21(26)28-22(3,4)5/h8-12,17H,7,23H2,1-6H3,(H,24,25)/t12-,17?/m0/s1. The van der Waals surface area contributed by atoms with E-state index in [1.165, 1.54) is 0 Å². The zero-order chi connectivity index (χ0) is 21.2. The fraction of sp³-hybridized carbons (Fsp3) is 0.455. The van der Waals surface area contributed by atoms with Crippen LogP contribution < -0.4 is 10.5 Å². The van der Waals surface area contributed by atoms with E-state index in [0.29, 0.717) is 23.3 Å². The third-order valence-corrected chi connectivity index (χ3v) is 4.66. The molecule has 0 aliphatic heterocycles. The van der Waals surface area contributed by atoms with Crippen molar-refractivity contribution in [2.45, 2.75) is 58.6 Å². The maximum absolute atomic E-state index is 13.0. The molecule has 0 heterocycles. The lowest BCUT2D eigenvalue weighted by atomic mass is 9.83. The molecule has 0 spiro atoms. The lowest BCUT2D eigenvalue weighted by molar-refractivity contribution is -0.138. The molecule has 3 N–H and O–H groups in total. The monoisotopic (exact) mass is 387 g/mol. The maximum Gasteiger partial charge on any atom is 0.338 e. The van der Waals surface area contributed by atoms with Crippen molar-refractivity contribution in [1.82, 2.24) is 0 Å². The summed E-state index contributed by atoms with van der Waals surface area (Å²) in [6, 6.07) is 6.72. The fourth-order valence-electron chi connectivity index (χ4n) is 3.25. The molecule has 0 aromatic heterocycles. The predicted molar refractivity (Wildman–Crippen MR) is 109 cm³/mol. The fourth-order valence-corrected chi connectivity index (χ4v) is 3.25. The number of methoxy groups -OCH3 is 1. The van der Waals surface area contributed by atoms with Crippen molar-refractivity contribution in [3.63, 3.8) is 0 Å². The molecule has 1 unspecified atom stereocenters. The normalized spacial score (nSPS) is 13.8. The van der Waals surface area contributed by atoms with E-state index in [4.69, 9.17) is 15.2 Å². The van der Waals surface area contributed by atoms with Crippen LogP contribution in [-0.2, 0) is 9.53 Å². The average molecular weight is 387 g/mol. The van der Waals surface area contributed by atoms with Gasteiger partial charge in [0, 0.05) is 6.04 Å². The molecule has 0 saturated carbocycles. The lowest BCUT2D eigenvalue weighted by Gasteiger charge is -2.26. The quantitative estimate of drug-likeness (QED) is 0.713. The van der Waals surface area contributed by atoms with Gasteiger partial charge < -0.3 is 20.3 Å². The number of carboxylic acids is 1. The summed E-state index contributed by atoms with van der Waals surface area (Å²) in [7, 11) is 1.56. The molecule has 28 heavy (non-hydrogen) atoms. The molecule has 2 aromatic rings. The van der Waals surface area contributed by atoms with Crippen LogP contribution in [0.1, 0.15) is 74.5 Å². The lowest BCUT2D eigenvalue weighted by Crippen LogP contribution is -2.27. The Morgan fingerprint density at radius 3 is 2.32 bits per heavy atom. The number of carboxylic acid groups (broad SMARTS) is 1. The van der Waals surface area contributed by atoms with E-state index >= 15 is 0 Å². The van der Waals surface area contributed by atoms with Crippen LogP contribution in [-0.4, -0.2) is 29.8 Å². The van der Waals surface area contributed by atoms with E-state index in [0.717, 1.165) is 10.8 Å². The summed E-state index contributed by atoms with van der Waals surface area (Å²) >= 11 is 0. The van der Waals surface area contributed by atoms with Crippen LogP contribution in [0.2, 0.25) is 0 Å². The van der Waals surface area contributed by atoms with E-state index in [1.807, 2.05) is 19.1 Å². The molecule has 2 rings (SSSR count). The smallest absolute Gasteiger partial charge is 0.338 e. The summed E-state index contributed by atoms with van der Waals surface area (Å²) in [5.74, 6) is -1.87. The van der Waals surface area contributed by atoms with Crippen molar-refractivity contribution in [3.8, 4) is 5.75 Å². The molecule has 0 fully saturated rings. The molecule has 6 heteroatoms. The van der Waals surface area contributed by atoms with Gasteiger partial charge in [-0.05, 0) is 74.2 Å². The first-order valence-electron chi connectivity index (χ1n) is 9.36. The van der Waals surface area contributed by atoms with Crippen molar-refractivity contribution < 1.29 is 24.2 Å². The summed E-state index contributed by atoms with van der Waals surface area (Å²) in [4.78, 5) is 24.8. The van der Waals surface area contributed by atoms with Crippen LogP contribution in [0.5, 0.6) is 5.75 Å². The highest BCUT2D eigenvalue weighted by Crippen LogP contribution is 2.38. The number of carbonyl (C=O) groups excluding carboxylic acids is 1. The van der Waals surface area contributed by atoms with Crippen LogP contribution in [0.25, 0.3) is 10.8 Å². The Balaban J connectivity index is 2.92. The highest BCUT2D eigenvalue weighted by atomic mass is 16.6. The predicted octanol–water partition coefficient (Wildman–Crippen LogP) is 4.40. The summed E-state index contributed by atoms with van der Waals surface area (Å²) in [5.41, 5.74) is 6.98. The van der Waals surface area contributed by atoms with Crippen LogP contribution in [0.4, 0.5) is 0 Å². The molecule has 2 aromatic carbocycles. The number of rotatable bonds is 6. The van der Waals surface area contributed by atoms with E-state index in [-0.39, 0.29) is 5.56 Å². The second-order valence-electron chi connectivity index (χ2n) is 7.92. The van der Waals surface area contributed by atoms with Crippen molar-refractivity contribution in [2.75, 3.05) is 7.11 Å². The van der Waals surface area contributed by atoms with Crippen molar-refractivity contribution in [3.05, 3.63) is 41.0 Å². The number of hydrogen-bond donors (Lipinski definition) is 2. The van der Waals surface area contributed by atoms with Gasteiger partial charge in [0.2, 0.25) is 0 Å². The van der Waals surface area contributed by atoms with Crippen molar-refractivity contribution >= 4 is 22.7 Å². The molecule has 0 amide bonds. The highest BCUT2D eigenvalue weighted by molar-refractivity contribution is 6.01. The van der Waals surface area contributed by atoms with E-state index in [1.54, 1.807) is 46.9 Å². The summed E-state index contributed by atoms with van der Waals surface area (Å²) in [5, 5.41) is 11.3. The van der Waals surface area contributed by atoms with Gasteiger partial charge in [0.1, 0.15) is 11.4 Å².